The summed E-state index contributed by atoms with van der Waals surface area (Å²) in [6, 6.07) is 0. The zero-order valence-electron chi connectivity index (χ0n) is 19.0. The average Bonchev–Trinajstić information content (AvgIpc) is 2.74. The maximum Gasteiger partial charge on any atom is 0.508 e. The molecule has 0 heterocycles. The topological polar surface area (TPSA) is 124 Å². The van der Waals surface area contributed by atoms with Gasteiger partial charge in [-0.15, -0.1) is 0 Å². The number of ether oxygens (including phenoxy) is 6. The van der Waals surface area contributed by atoms with Crippen molar-refractivity contribution in [1.82, 2.24) is 0 Å². The number of carbonyl (C=O) groups is 4. The Morgan fingerprint density at radius 3 is 1.09 bits per heavy atom. The van der Waals surface area contributed by atoms with E-state index in [4.69, 9.17) is 28.4 Å². The quantitative estimate of drug-likeness (QED) is 0.137. The number of carbonyl (C=O) groups excluding carboxylic acids is 4. The number of hydrogen-bond acceptors (Lipinski definition) is 10. The molecule has 0 N–H and O–H groups in total. The molecule has 0 aliphatic heterocycles. The zero-order chi connectivity index (χ0) is 24.2. The molecule has 0 rings (SSSR count). The normalized spacial score (nSPS) is 9.94. The summed E-state index contributed by atoms with van der Waals surface area (Å²) in [6.07, 6.45) is 3.49. The highest BCUT2D eigenvalue weighted by atomic mass is 16.7. The van der Waals surface area contributed by atoms with Crippen molar-refractivity contribution >= 4 is 24.2 Å². The fraction of sp³-hybridized carbons (Fsp3) is 0.636. The van der Waals surface area contributed by atoms with E-state index in [9.17, 15) is 19.2 Å². The molecular formula is C22H34O10. The first-order valence-electron chi connectivity index (χ1n) is 10.5. The fourth-order valence-electron chi connectivity index (χ4n) is 2.07. The summed E-state index contributed by atoms with van der Waals surface area (Å²) in [7, 11) is 0. The van der Waals surface area contributed by atoms with Crippen molar-refractivity contribution in [2.24, 2.45) is 0 Å². The lowest BCUT2D eigenvalue weighted by molar-refractivity contribution is -0.140. The molecule has 10 heteroatoms. The molecule has 0 radical (unpaired) electrons. The van der Waals surface area contributed by atoms with Crippen molar-refractivity contribution in [3.63, 3.8) is 0 Å². The van der Waals surface area contributed by atoms with E-state index in [1.807, 2.05) is 0 Å². The Balaban J connectivity index is 3.39. The summed E-state index contributed by atoms with van der Waals surface area (Å²) in [5.41, 5.74) is 0.553. The van der Waals surface area contributed by atoms with Gasteiger partial charge < -0.3 is 28.4 Å². The molecule has 0 aromatic rings. The van der Waals surface area contributed by atoms with Crippen molar-refractivity contribution in [1.29, 1.82) is 0 Å². The number of rotatable bonds is 17. The molecule has 0 unspecified atom stereocenters. The summed E-state index contributed by atoms with van der Waals surface area (Å²) in [4.78, 5) is 44.9. The van der Waals surface area contributed by atoms with Gasteiger partial charge in [-0.2, -0.15) is 0 Å². The van der Waals surface area contributed by atoms with Gasteiger partial charge >= 0.3 is 24.2 Å². The summed E-state index contributed by atoms with van der Waals surface area (Å²) in [5.74, 6) is -1.07. The number of unbranched alkanes of at least 4 members (excludes halogenated alkanes) is 5. The van der Waals surface area contributed by atoms with Crippen molar-refractivity contribution < 1.29 is 47.6 Å². The first-order chi connectivity index (χ1) is 15.2. The van der Waals surface area contributed by atoms with Gasteiger partial charge in [0.2, 0.25) is 0 Å². The van der Waals surface area contributed by atoms with Gasteiger partial charge in [0.25, 0.3) is 0 Å². The fourth-order valence-corrected chi connectivity index (χ4v) is 2.07. The van der Waals surface area contributed by atoms with Crippen LogP contribution in [0, 0.1) is 0 Å². The monoisotopic (exact) mass is 458 g/mol. The van der Waals surface area contributed by atoms with E-state index in [-0.39, 0.29) is 50.8 Å². The Kier molecular flexibility index (Phi) is 16.9. The van der Waals surface area contributed by atoms with Gasteiger partial charge in [0.1, 0.15) is 26.4 Å². The zero-order valence-corrected chi connectivity index (χ0v) is 19.0. The number of hydrogen-bond donors (Lipinski definition) is 0. The molecule has 0 aliphatic carbocycles. The Bertz CT molecular complexity index is 572. The Labute approximate surface area is 188 Å². The Morgan fingerprint density at radius 1 is 0.469 bits per heavy atom. The second-order valence-corrected chi connectivity index (χ2v) is 6.85. The summed E-state index contributed by atoms with van der Waals surface area (Å²) in [6.45, 7) is 10.2. The van der Waals surface area contributed by atoms with Gasteiger partial charge in [0.05, 0.1) is 13.2 Å². The highest BCUT2D eigenvalue weighted by molar-refractivity contribution is 5.87. The second-order valence-electron chi connectivity index (χ2n) is 6.85. The predicted octanol–water partition coefficient (Wildman–Crippen LogP) is 3.87. The van der Waals surface area contributed by atoms with E-state index in [1.165, 1.54) is 13.8 Å². The van der Waals surface area contributed by atoms with Crippen molar-refractivity contribution in [2.75, 3.05) is 39.6 Å². The van der Waals surface area contributed by atoms with E-state index in [2.05, 4.69) is 13.2 Å². The summed E-state index contributed by atoms with van der Waals surface area (Å²) in [5, 5.41) is 0. The van der Waals surface area contributed by atoms with Gasteiger partial charge in [0.15, 0.2) is 0 Å². The molecule has 0 saturated carbocycles. The lowest BCUT2D eigenvalue weighted by Crippen LogP contribution is -2.15. The van der Waals surface area contributed by atoms with E-state index in [1.54, 1.807) is 0 Å². The largest absolute Gasteiger partial charge is 0.508 e. The minimum Gasteiger partial charge on any atom is -0.459 e. The lowest BCUT2D eigenvalue weighted by atomic mass is 10.1. The maximum atomic E-state index is 11.3. The predicted molar refractivity (Wildman–Crippen MR) is 114 cm³/mol. The van der Waals surface area contributed by atoms with Crippen LogP contribution < -0.4 is 0 Å². The minimum atomic E-state index is -0.797. The molecule has 0 spiro atoms. The SMILES string of the molecule is C=C(C)C(=O)OCCOC(=O)OCCCCCCCCOC(=O)OCCOC(=O)C(=C)C. The standard InChI is InChI=1S/C22H34O10/c1-17(2)19(23)27-13-15-31-21(25)29-11-9-7-5-6-8-10-12-30-22(26)32-16-14-28-20(24)18(3)4/h1,3,5-16H2,2,4H3. The molecule has 10 nitrogen and oxygen atoms in total. The minimum absolute atomic E-state index is 0.0485. The third-order valence-corrected chi connectivity index (χ3v) is 3.75. The first kappa shape index (κ1) is 29.0. The molecule has 32 heavy (non-hydrogen) atoms. The molecule has 182 valence electrons. The van der Waals surface area contributed by atoms with Crippen LogP contribution in [-0.2, 0) is 38.0 Å². The van der Waals surface area contributed by atoms with Gasteiger partial charge in [-0.3, -0.25) is 0 Å². The van der Waals surface area contributed by atoms with Gasteiger partial charge in [-0.05, 0) is 26.7 Å². The van der Waals surface area contributed by atoms with Crippen LogP contribution in [0.25, 0.3) is 0 Å². The van der Waals surface area contributed by atoms with Crippen LogP contribution in [0.3, 0.4) is 0 Å². The van der Waals surface area contributed by atoms with Crippen LogP contribution >= 0.6 is 0 Å². The molecule has 0 saturated heterocycles. The molecule has 0 aromatic carbocycles. The molecule has 0 fully saturated rings. The van der Waals surface area contributed by atoms with Crippen LogP contribution in [0.5, 0.6) is 0 Å². The Hall–Kier alpha value is -3.04. The molecule has 0 atom stereocenters. The molecule has 0 aliphatic rings. The van der Waals surface area contributed by atoms with Crippen LogP contribution in [0.15, 0.2) is 24.3 Å². The molecule has 0 aromatic heterocycles. The van der Waals surface area contributed by atoms with E-state index < -0.39 is 24.2 Å². The average molecular weight is 459 g/mol. The number of esters is 2. The third-order valence-electron chi connectivity index (χ3n) is 3.75. The van der Waals surface area contributed by atoms with Crippen LogP contribution in [-0.4, -0.2) is 63.9 Å². The van der Waals surface area contributed by atoms with Crippen molar-refractivity contribution in [2.45, 2.75) is 52.4 Å². The van der Waals surface area contributed by atoms with E-state index in [0.717, 1.165) is 25.7 Å². The third kappa shape index (κ3) is 17.8. The van der Waals surface area contributed by atoms with Gasteiger partial charge in [-0.25, -0.2) is 19.2 Å². The molecule has 0 amide bonds. The van der Waals surface area contributed by atoms with Gasteiger partial charge in [0, 0.05) is 11.1 Å². The summed E-state index contributed by atoms with van der Waals surface area (Å²) >= 11 is 0. The van der Waals surface area contributed by atoms with Crippen LogP contribution in [0.4, 0.5) is 9.59 Å². The molecular weight excluding hydrogens is 424 g/mol. The van der Waals surface area contributed by atoms with Gasteiger partial charge in [-0.1, -0.05) is 38.8 Å². The Morgan fingerprint density at radius 2 is 0.750 bits per heavy atom. The van der Waals surface area contributed by atoms with Crippen molar-refractivity contribution in [3.05, 3.63) is 24.3 Å². The smallest absolute Gasteiger partial charge is 0.459 e. The lowest BCUT2D eigenvalue weighted by Gasteiger charge is -2.08. The van der Waals surface area contributed by atoms with Crippen LogP contribution in [0.1, 0.15) is 52.4 Å². The van der Waals surface area contributed by atoms with Crippen molar-refractivity contribution in [3.8, 4) is 0 Å². The highest BCUT2D eigenvalue weighted by Crippen LogP contribution is 2.06. The van der Waals surface area contributed by atoms with Crippen LogP contribution in [0.2, 0.25) is 0 Å². The first-order valence-corrected chi connectivity index (χ1v) is 10.5. The van der Waals surface area contributed by atoms with E-state index >= 15 is 0 Å². The second kappa shape index (κ2) is 18.7. The highest BCUT2D eigenvalue weighted by Gasteiger charge is 2.07. The molecule has 0 bridgehead atoms. The maximum absolute atomic E-state index is 11.3. The summed E-state index contributed by atoms with van der Waals surface area (Å²) < 4.78 is 28.9. The van der Waals surface area contributed by atoms with E-state index in [0.29, 0.717) is 12.8 Å².